The van der Waals surface area contributed by atoms with E-state index in [-0.39, 0.29) is 0 Å². The van der Waals surface area contributed by atoms with Gasteiger partial charge in [-0.3, -0.25) is 4.79 Å². The lowest BCUT2D eigenvalue weighted by Crippen LogP contribution is -2.25. The van der Waals surface area contributed by atoms with Gasteiger partial charge in [-0.05, 0) is 36.6 Å². The number of thiophene rings is 1. The molecular formula is C12H16OS. The summed E-state index contributed by atoms with van der Waals surface area (Å²) in [5.41, 5.74) is 0. The Morgan fingerprint density at radius 3 is 3.14 bits per heavy atom. The van der Waals surface area contributed by atoms with E-state index in [9.17, 15) is 4.79 Å². The second-order valence-electron chi connectivity index (χ2n) is 4.33. The topological polar surface area (TPSA) is 17.1 Å². The Balaban J connectivity index is 1.99. The van der Waals surface area contributed by atoms with E-state index in [0.717, 1.165) is 31.6 Å². The molecule has 1 nitrogen and oxygen atoms in total. The number of carbonyl (C=O) groups is 1. The van der Waals surface area contributed by atoms with Gasteiger partial charge in [0, 0.05) is 17.2 Å². The summed E-state index contributed by atoms with van der Waals surface area (Å²) < 4.78 is 0. The molecule has 2 unspecified atom stereocenters. The highest BCUT2D eigenvalue weighted by Crippen LogP contribution is 2.29. The zero-order valence-electron chi connectivity index (χ0n) is 8.53. The Hall–Kier alpha value is -0.630. The molecule has 76 valence electrons. The van der Waals surface area contributed by atoms with Crippen molar-refractivity contribution in [2.45, 2.75) is 32.6 Å². The largest absolute Gasteiger partial charge is 0.299 e. The third-order valence-corrected chi connectivity index (χ3v) is 3.95. The van der Waals surface area contributed by atoms with Crippen LogP contribution in [0.4, 0.5) is 0 Å². The van der Waals surface area contributed by atoms with Crippen LogP contribution in [0.15, 0.2) is 17.5 Å². The maximum Gasteiger partial charge on any atom is 0.136 e. The van der Waals surface area contributed by atoms with Gasteiger partial charge in [0.15, 0.2) is 0 Å². The van der Waals surface area contributed by atoms with Crippen LogP contribution in [-0.2, 0) is 11.2 Å². The lowest BCUT2D eigenvalue weighted by Gasteiger charge is -2.25. The summed E-state index contributed by atoms with van der Waals surface area (Å²) in [6.07, 6.45) is 3.97. The summed E-state index contributed by atoms with van der Waals surface area (Å²) in [6, 6.07) is 4.20. The van der Waals surface area contributed by atoms with E-state index in [4.69, 9.17) is 0 Å². The average Bonchev–Trinajstić information content (AvgIpc) is 2.64. The molecule has 0 aromatic carbocycles. The first-order valence-corrected chi connectivity index (χ1v) is 6.19. The van der Waals surface area contributed by atoms with Crippen molar-refractivity contribution >= 4 is 17.1 Å². The maximum atomic E-state index is 11.7. The number of Topliss-reactive ketones (excluding diaryl/α,β-unsaturated/α-hetero) is 1. The van der Waals surface area contributed by atoms with Crippen LogP contribution in [0.5, 0.6) is 0 Å². The number of ketones is 1. The van der Waals surface area contributed by atoms with E-state index in [0.29, 0.717) is 11.7 Å². The molecule has 0 radical (unpaired) electrons. The van der Waals surface area contributed by atoms with Gasteiger partial charge >= 0.3 is 0 Å². The molecule has 0 amide bonds. The van der Waals surface area contributed by atoms with Gasteiger partial charge in [-0.2, -0.15) is 0 Å². The van der Waals surface area contributed by atoms with Gasteiger partial charge in [-0.25, -0.2) is 0 Å². The second-order valence-corrected chi connectivity index (χ2v) is 5.36. The minimum atomic E-state index is 0.303. The predicted octanol–water partition coefficient (Wildman–Crippen LogP) is 3.30. The highest BCUT2D eigenvalue weighted by atomic mass is 32.1. The van der Waals surface area contributed by atoms with Gasteiger partial charge < -0.3 is 0 Å². The molecule has 0 saturated heterocycles. The molecule has 1 heterocycles. The first kappa shape index (κ1) is 9.91. The first-order valence-electron chi connectivity index (χ1n) is 5.31. The smallest absolute Gasteiger partial charge is 0.136 e. The van der Waals surface area contributed by atoms with Crippen LogP contribution in [0.2, 0.25) is 0 Å². The van der Waals surface area contributed by atoms with Crippen LogP contribution in [0, 0.1) is 11.8 Å². The minimum Gasteiger partial charge on any atom is -0.299 e. The fraction of sp³-hybridized carbons (Fsp3) is 0.583. The minimum absolute atomic E-state index is 0.303. The number of hydrogen-bond acceptors (Lipinski definition) is 2. The van der Waals surface area contributed by atoms with Crippen molar-refractivity contribution < 1.29 is 4.79 Å². The highest BCUT2D eigenvalue weighted by Gasteiger charge is 2.26. The summed E-state index contributed by atoms with van der Waals surface area (Å²) >= 11 is 1.77. The molecule has 0 spiro atoms. The molecule has 2 atom stereocenters. The average molecular weight is 208 g/mol. The molecule has 0 bridgehead atoms. The van der Waals surface area contributed by atoms with E-state index in [2.05, 4.69) is 24.4 Å². The molecule has 1 aromatic heterocycles. The van der Waals surface area contributed by atoms with E-state index < -0.39 is 0 Å². The lowest BCUT2D eigenvalue weighted by atomic mass is 9.79. The van der Waals surface area contributed by atoms with Gasteiger partial charge in [0.05, 0.1) is 0 Å². The molecule has 2 rings (SSSR count). The first-order chi connectivity index (χ1) is 6.75. The molecule has 0 aliphatic heterocycles. The van der Waals surface area contributed by atoms with Crippen molar-refractivity contribution in [2.75, 3.05) is 0 Å². The Labute approximate surface area is 89.1 Å². The van der Waals surface area contributed by atoms with Crippen LogP contribution in [0.3, 0.4) is 0 Å². The molecular weight excluding hydrogens is 192 g/mol. The fourth-order valence-corrected chi connectivity index (χ4v) is 2.98. The normalized spacial score (nSPS) is 27.9. The predicted molar refractivity (Wildman–Crippen MR) is 59.5 cm³/mol. The van der Waals surface area contributed by atoms with Crippen molar-refractivity contribution in [1.29, 1.82) is 0 Å². The van der Waals surface area contributed by atoms with Gasteiger partial charge in [0.25, 0.3) is 0 Å². The van der Waals surface area contributed by atoms with Crippen molar-refractivity contribution in [3.63, 3.8) is 0 Å². The molecule has 1 saturated carbocycles. The van der Waals surface area contributed by atoms with E-state index in [1.807, 2.05) is 0 Å². The molecule has 1 aromatic rings. The summed E-state index contributed by atoms with van der Waals surface area (Å²) in [4.78, 5) is 13.0. The Kier molecular flexibility index (Phi) is 3.02. The van der Waals surface area contributed by atoms with Gasteiger partial charge in [-0.15, -0.1) is 11.3 Å². The van der Waals surface area contributed by atoms with Gasteiger partial charge in [-0.1, -0.05) is 13.0 Å². The van der Waals surface area contributed by atoms with Crippen LogP contribution in [0.25, 0.3) is 0 Å². The summed E-state index contributed by atoms with van der Waals surface area (Å²) in [5.74, 6) is 1.52. The summed E-state index contributed by atoms with van der Waals surface area (Å²) in [6.45, 7) is 2.26. The molecule has 1 aliphatic carbocycles. The Bertz CT molecular complexity index is 302. The molecule has 1 aliphatic rings. The molecule has 14 heavy (non-hydrogen) atoms. The standard InChI is InChI=1S/C12H16OS/c1-9-4-5-12(13)10(7-9)8-11-3-2-6-14-11/h2-3,6,9-10H,4-5,7-8H2,1H3. The third-order valence-electron chi connectivity index (χ3n) is 3.05. The zero-order chi connectivity index (χ0) is 9.97. The lowest BCUT2D eigenvalue weighted by molar-refractivity contribution is -0.125. The molecule has 0 N–H and O–H groups in total. The maximum absolute atomic E-state index is 11.7. The Morgan fingerprint density at radius 2 is 2.43 bits per heavy atom. The molecule has 1 fully saturated rings. The van der Waals surface area contributed by atoms with Crippen LogP contribution in [0.1, 0.15) is 31.1 Å². The van der Waals surface area contributed by atoms with Crippen molar-refractivity contribution in [2.24, 2.45) is 11.8 Å². The van der Waals surface area contributed by atoms with Crippen molar-refractivity contribution in [3.8, 4) is 0 Å². The SMILES string of the molecule is CC1CCC(=O)C(Cc2cccs2)C1. The van der Waals surface area contributed by atoms with E-state index in [1.54, 1.807) is 11.3 Å². The Morgan fingerprint density at radius 1 is 1.57 bits per heavy atom. The highest BCUT2D eigenvalue weighted by molar-refractivity contribution is 7.09. The van der Waals surface area contributed by atoms with E-state index >= 15 is 0 Å². The number of carbonyl (C=O) groups excluding carboxylic acids is 1. The van der Waals surface area contributed by atoms with Crippen LogP contribution >= 0.6 is 11.3 Å². The number of rotatable bonds is 2. The van der Waals surface area contributed by atoms with E-state index in [1.165, 1.54) is 4.88 Å². The zero-order valence-corrected chi connectivity index (χ0v) is 9.35. The van der Waals surface area contributed by atoms with Gasteiger partial charge in [0.1, 0.15) is 5.78 Å². The van der Waals surface area contributed by atoms with Crippen LogP contribution in [-0.4, -0.2) is 5.78 Å². The quantitative estimate of drug-likeness (QED) is 0.729. The van der Waals surface area contributed by atoms with Crippen LogP contribution < -0.4 is 0 Å². The monoisotopic (exact) mass is 208 g/mol. The van der Waals surface area contributed by atoms with Gasteiger partial charge in [0.2, 0.25) is 0 Å². The number of hydrogen-bond donors (Lipinski definition) is 0. The van der Waals surface area contributed by atoms with Crippen molar-refractivity contribution in [3.05, 3.63) is 22.4 Å². The summed E-state index contributed by atoms with van der Waals surface area (Å²) in [5, 5.41) is 2.09. The fourth-order valence-electron chi connectivity index (χ4n) is 2.20. The summed E-state index contributed by atoms with van der Waals surface area (Å²) in [7, 11) is 0. The van der Waals surface area contributed by atoms with Crippen molar-refractivity contribution in [1.82, 2.24) is 0 Å². The molecule has 2 heteroatoms. The third kappa shape index (κ3) is 2.24. The second kappa shape index (κ2) is 4.26.